The molecule has 90 valence electrons. The van der Waals surface area contributed by atoms with Crippen LogP contribution in [0.5, 0.6) is 11.5 Å². The number of aliphatic hydroxyl groups excluding tert-OH is 2. The fourth-order valence-corrected chi connectivity index (χ4v) is 1.36. The Bertz CT molecular complexity index is 312. The summed E-state index contributed by atoms with van der Waals surface area (Å²) in [5, 5.41) is 17.9. The van der Waals surface area contributed by atoms with E-state index in [1.807, 2.05) is 13.0 Å². The summed E-state index contributed by atoms with van der Waals surface area (Å²) in [6.45, 7) is 2.85. The van der Waals surface area contributed by atoms with Crippen LogP contribution in [-0.4, -0.2) is 30.0 Å². The molecule has 2 N–H and O–H groups in total. The lowest BCUT2D eigenvalue weighted by Crippen LogP contribution is -2.05. The minimum Gasteiger partial charge on any atom is -0.490 e. The summed E-state index contributed by atoms with van der Waals surface area (Å²) in [6, 6.07) is 5.41. The molecule has 0 spiro atoms. The molecular formula is C12H18O4. The normalized spacial score (nSPS) is 10.2. The molecular weight excluding hydrogens is 208 g/mol. The molecule has 1 aromatic carbocycles. The lowest BCUT2D eigenvalue weighted by atomic mass is 10.2. The van der Waals surface area contributed by atoms with E-state index in [2.05, 4.69) is 0 Å². The van der Waals surface area contributed by atoms with Crippen LogP contribution in [0.15, 0.2) is 18.2 Å². The van der Waals surface area contributed by atoms with Crippen molar-refractivity contribution in [3.05, 3.63) is 23.8 Å². The van der Waals surface area contributed by atoms with Crippen molar-refractivity contribution in [2.45, 2.75) is 20.0 Å². The van der Waals surface area contributed by atoms with Crippen LogP contribution in [0.2, 0.25) is 0 Å². The monoisotopic (exact) mass is 226 g/mol. The van der Waals surface area contributed by atoms with Crippen LogP contribution in [0.1, 0.15) is 18.9 Å². The van der Waals surface area contributed by atoms with Crippen LogP contribution >= 0.6 is 0 Å². The van der Waals surface area contributed by atoms with Crippen LogP contribution in [0, 0.1) is 0 Å². The van der Waals surface area contributed by atoms with E-state index in [-0.39, 0.29) is 13.2 Å². The third-order valence-electron chi connectivity index (χ3n) is 2.08. The summed E-state index contributed by atoms with van der Waals surface area (Å²) in [7, 11) is 0. The zero-order valence-corrected chi connectivity index (χ0v) is 9.48. The van der Waals surface area contributed by atoms with Crippen LogP contribution in [0.3, 0.4) is 0 Å². The van der Waals surface area contributed by atoms with E-state index in [1.54, 1.807) is 12.1 Å². The number of hydrogen-bond acceptors (Lipinski definition) is 4. The molecule has 0 aliphatic carbocycles. The number of aliphatic hydroxyl groups is 2. The second-order valence-electron chi connectivity index (χ2n) is 3.26. The first-order valence-corrected chi connectivity index (χ1v) is 5.42. The van der Waals surface area contributed by atoms with Gasteiger partial charge in [0.2, 0.25) is 0 Å². The van der Waals surface area contributed by atoms with E-state index in [9.17, 15) is 5.11 Å². The number of rotatable bonds is 7. The molecule has 0 radical (unpaired) electrons. The van der Waals surface area contributed by atoms with E-state index in [4.69, 9.17) is 14.6 Å². The molecule has 1 rings (SSSR count). The fourth-order valence-electron chi connectivity index (χ4n) is 1.36. The van der Waals surface area contributed by atoms with Gasteiger partial charge in [-0.25, -0.2) is 0 Å². The standard InChI is InChI=1S/C12H18O4/c1-2-15-11-6-3-5-10(9-14)12(11)16-8-4-7-13/h3,5-6,13-14H,2,4,7-9H2,1H3. The van der Waals surface area contributed by atoms with Crippen molar-refractivity contribution >= 4 is 0 Å². The van der Waals surface area contributed by atoms with Crippen molar-refractivity contribution in [2.24, 2.45) is 0 Å². The minimum absolute atomic E-state index is 0.0879. The maximum Gasteiger partial charge on any atom is 0.166 e. The van der Waals surface area contributed by atoms with Crippen LogP contribution in [0.25, 0.3) is 0 Å². The third kappa shape index (κ3) is 3.40. The molecule has 4 heteroatoms. The summed E-state index contributed by atoms with van der Waals surface area (Å²) in [5.74, 6) is 1.20. The molecule has 0 unspecified atom stereocenters. The molecule has 0 amide bonds. The quantitative estimate of drug-likeness (QED) is 0.689. The van der Waals surface area contributed by atoms with Gasteiger partial charge in [0.05, 0.1) is 19.8 Å². The lowest BCUT2D eigenvalue weighted by Gasteiger charge is -2.14. The Morgan fingerprint density at radius 3 is 2.62 bits per heavy atom. The van der Waals surface area contributed by atoms with E-state index >= 15 is 0 Å². The minimum atomic E-state index is -0.0879. The molecule has 0 saturated heterocycles. The summed E-state index contributed by atoms with van der Waals surface area (Å²) in [4.78, 5) is 0. The maximum atomic E-state index is 9.18. The van der Waals surface area contributed by atoms with E-state index in [0.717, 1.165) is 0 Å². The second-order valence-corrected chi connectivity index (χ2v) is 3.26. The molecule has 0 atom stereocenters. The average Bonchev–Trinajstić information content (AvgIpc) is 2.31. The Kier molecular flexibility index (Phi) is 5.67. The van der Waals surface area contributed by atoms with Gasteiger partial charge in [0.1, 0.15) is 0 Å². The highest BCUT2D eigenvalue weighted by Gasteiger charge is 2.09. The lowest BCUT2D eigenvalue weighted by molar-refractivity contribution is 0.216. The third-order valence-corrected chi connectivity index (χ3v) is 2.08. The fraction of sp³-hybridized carbons (Fsp3) is 0.500. The van der Waals surface area contributed by atoms with Crippen molar-refractivity contribution in [3.63, 3.8) is 0 Å². The van der Waals surface area contributed by atoms with Crippen molar-refractivity contribution in [1.29, 1.82) is 0 Å². The molecule has 0 saturated carbocycles. The van der Waals surface area contributed by atoms with E-state index in [0.29, 0.717) is 36.7 Å². The molecule has 0 aliphatic heterocycles. The van der Waals surface area contributed by atoms with Crippen LogP contribution in [0.4, 0.5) is 0 Å². The van der Waals surface area contributed by atoms with Gasteiger partial charge in [0.15, 0.2) is 11.5 Å². The molecule has 0 aliphatic rings. The summed E-state index contributed by atoms with van der Waals surface area (Å²) >= 11 is 0. The predicted octanol–water partition coefficient (Wildman–Crippen LogP) is 1.34. The summed E-state index contributed by atoms with van der Waals surface area (Å²) < 4.78 is 10.9. The average molecular weight is 226 g/mol. The smallest absolute Gasteiger partial charge is 0.166 e. The number of para-hydroxylation sites is 1. The Morgan fingerprint density at radius 2 is 2.00 bits per heavy atom. The molecule has 0 aromatic heterocycles. The highest BCUT2D eigenvalue weighted by atomic mass is 16.5. The highest BCUT2D eigenvalue weighted by molar-refractivity contribution is 5.46. The van der Waals surface area contributed by atoms with Crippen molar-refractivity contribution in [3.8, 4) is 11.5 Å². The van der Waals surface area contributed by atoms with Crippen molar-refractivity contribution in [2.75, 3.05) is 19.8 Å². The van der Waals surface area contributed by atoms with Crippen molar-refractivity contribution < 1.29 is 19.7 Å². The SMILES string of the molecule is CCOc1cccc(CO)c1OCCCO. The molecule has 0 fully saturated rings. The Hall–Kier alpha value is -1.26. The van der Waals surface area contributed by atoms with Gasteiger partial charge in [-0.15, -0.1) is 0 Å². The van der Waals surface area contributed by atoms with Gasteiger partial charge >= 0.3 is 0 Å². The highest BCUT2D eigenvalue weighted by Crippen LogP contribution is 2.31. The predicted molar refractivity (Wildman–Crippen MR) is 60.7 cm³/mol. The van der Waals surface area contributed by atoms with Gasteiger partial charge in [-0.3, -0.25) is 0 Å². The zero-order valence-electron chi connectivity index (χ0n) is 9.48. The largest absolute Gasteiger partial charge is 0.490 e. The Balaban J connectivity index is 2.81. The van der Waals surface area contributed by atoms with Gasteiger partial charge in [-0.05, 0) is 13.0 Å². The van der Waals surface area contributed by atoms with E-state index < -0.39 is 0 Å². The van der Waals surface area contributed by atoms with Crippen molar-refractivity contribution in [1.82, 2.24) is 0 Å². The first-order chi connectivity index (χ1) is 7.83. The number of benzene rings is 1. The first-order valence-electron chi connectivity index (χ1n) is 5.42. The second kappa shape index (κ2) is 7.09. The van der Waals surface area contributed by atoms with Gasteiger partial charge in [-0.1, -0.05) is 12.1 Å². The van der Waals surface area contributed by atoms with Gasteiger partial charge in [0, 0.05) is 18.6 Å². The topological polar surface area (TPSA) is 58.9 Å². The van der Waals surface area contributed by atoms with Crippen LogP contribution in [-0.2, 0) is 6.61 Å². The number of ether oxygens (including phenoxy) is 2. The molecule has 4 nitrogen and oxygen atoms in total. The summed E-state index contributed by atoms with van der Waals surface area (Å²) in [6.07, 6.45) is 0.561. The molecule has 1 aromatic rings. The Labute approximate surface area is 95.4 Å². The number of hydrogen-bond donors (Lipinski definition) is 2. The maximum absolute atomic E-state index is 9.18. The van der Waals surface area contributed by atoms with E-state index in [1.165, 1.54) is 0 Å². The molecule has 0 heterocycles. The molecule has 16 heavy (non-hydrogen) atoms. The zero-order chi connectivity index (χ0) is 11.8. The van der Waals surface area contributed by atoms with Crippen LogP contribution < -0.4 is 9.47 Å². The molecule has 0 bridgehead atoms. The Morgan fingerprint density at radius 1 is 1.19 bits per heavy atom. The first kappa shape index (κ1) is 12.8. The van der Waals surface area contributed by atoms with Gasteiger partial charge in [0.25, 0.3) is 0 Å². The summed E-state index contributed by atoms with van der Waals surface area (Å²) in [5.41, 5.74) is 0.698. The van der Waals surface area contributed by atoms with Gasteiger partial charge < -0.3 is 19.7 Å². The van der Waals surface area contributed by atoms with Gasteiger partial charge in [-0.2, -0.15) is 0 Å².